The Labute approximate surface area is 124 Å². The molecule has 0 heterocycles. The van der Waals surface area contributed by atoms with Gasteiger partial charge in [-0.25, -0.2) is 0 Å². The quantitative estimate of drug-likeness (QED) is 0.551. The van der Waals surface area contributed by atoms with Gasteiger partial charge in [0.25, 0.3) is 0 Å². The van der Waals surface area contributed by atoms with Crippen molar-refractivity contribution >= 4 is 6.08 Å². The lowest BCUT2D eigenvalue weighted by Gasteiger charge is -2.12. The lowest BCUT2D eigenvalue weighted by molar-refractivity contribution is 0.564. The molecule has 0 heteroatoms. The molecular weight excluding hydrogens is 240 g/mol. The van der Waals surface area contributed by atoms with Crippen LogP contribution in [0.4, 0.5) is 0 Å². The van der Waals surface area contributed by atoms with Crippen LogP contribution >= 0.6 is 0 Å². The highest BCUT2D eigenvalue weighted by Crippen LogP contribution is 2.28. The molecule has 0 N–H and O–H groups in total. The van der Waals surface area contributed by atoms with Crippen molar-refractivity contribution in [3.05, 3.63) is 46.9 Å². The van der Waals surface area contributed by atoms with Crippen molar-refractivity contribution in [1.29, 1.82) is 0 Å². The Balaban J connectivity index is 1.75. The summed E-state index contributed by atoms with van der Waals surface area (Å²) in [4.78, 5) is 0. The summed E-state index contributed by atoms with van der Waals surface area (Å²) in [7, 11) is 0. The molecular formula is C20H27. The van der Waals surface area contributed by atoms with E-state index >= 15 is 0 Å². The van der Waals surface area contributed by atoms with Crippen molar-refractivity contribution in [2.24, 2.45) is 0 Å². The highest BCUT2D eigenvalue weighted by molar-refractivity contribution is 5.66. The van der Waals surface area contributed by atoms with E-state index in [4.69, 9.17) is 0 Å². The van der Waals surface area contributed by atoms with Crippen LogP contribution in [-0.2, 0) is 12.8 Å². The summed E-state index contributed by atoms with van der Waals surface area (Å²) < 4.78 is 0. The summed E-state index contributed by atoms with van der Waals surface area (Å²) in [5.74, 6) is 0. The second-order valence-electron chi connectivity index (χ2n) is 6.46. The van der Waals surface area contributed by atoms with Gasteiger partial charge in [-0.1, -0.05) is 69.2 Å². The predicted molar refractivity (Wildman–Crippen MR) is 87.8 cm³/mol. The third-order valence-corrected chi connectivity index (χ3v) is 4.85. The van der Waals surface area contributed by atoms with E-state index in [0.29, 0.717) is 0 Å². The molecule has 0 amide bonds. The van der Waals surface area contributed by atoms with Crippen molar-refractivity contribution in [2.75, 3.05) is 0 Å². The molecule has 107 valence electrons. The number of hydrogen-bond acceptors (Lipinski definition) is 0. The zero-order valence-electron chi connectivity index (χ0n) is 12.7. The molecule has 0 spiro atoms. The molecule has 0 aromatic heterocycles. The van der Waals surface area contributed by atoms with Gasteiger partial charge in [0.05, 0.1) is 0 Å². The van der Waals surface area contributed by atoms with E-state index in [2.05, 4.69) is 30.7 Å². The lowest BCUT2D eigenvalue weighted by Crippen LogP contribution is -1.98. The number of benzene rings is 1. The molecule has 20 heavy (non-hydrogen) atoms. The molecule has 2 aliphatic carbocycles. The topological polar surface area (TPSA) is 0 Å². The maximum atomic E-state index is 2.46. The van der Waals surface area contributed by atoms with Gasteiger partial charge < -0.3 is 0 Å². The fourth-order valence-electron chi connectivity index (χ4n) is 3.61. The lowest BCUT2D eigenvalue weighted by atomic mass is 9.93. The predicted octanol–water partition coefficient (Wildman–Crippen LogP) is 5.88. The first-order valence-corrected chi connectivity index (χ1v) is 8.61. The molecule has 0 aliphatic heterocycles. The average Bonchev–Trinajstić information content (AvgIpc) is 2.91. The van der Waals surface area contributed by atoms with E-state index < -0.39 is 0 Å². The fourth-order valence-corrected chi connectivity index (χ4v) is 3.61. The summed E-state index contributed by atoms with van der Waals surface area (Å²) in [6.45, 7) is 0. The summed E-state index contributed by atoms with van der Waals surface area (Å²) in [5.41, 5.74) is 6.13. The zero-order chi connectivity index (χ0) is 13.6. The van der Waals surface area contributed by atoms with Gasteiger partial charge in [-0.3, -0.25) is 0 Å². The first kappa shape index (κ1) is 13.9. The monoisotopic (exact) mass is 267 g/mol. The van der Waals surface area contributed by atoms with Gasteiger partial charge in [0.15, 0.2) is 0 Å². The number of aryl methyl sites for hydroxylation is 2. The molecule has 0 atom stereocenters. The SMILES string of the molecule is [CH]1C=Cc2cc3c(cc21)CCCCCCCCCCC3. The molecule has 0 bridgehead atoms. The Kier molecular flexibility index (Phi) is 4.95. The number of allylic oxidation sites excluding steroid dienone is 1. The highest BCUT2D eigenvalue weighted by Gasteiger charge is 2.11. The van der Waals surface area contributed by atoms with Crippen molar-refractivity contribution in [2.45, 2.75) is 70.6 Å². The molecule has 0 saturated carbocycles. The van der Waals surface area contributed by atoms with Crippen LogP contribution in [0.15, 0.2) is 18.2 Å². The second kappa shape index (κ2) is 7.11. The van der Waals surface area contributed by atoms with Crippen LogP contribution in [0.2, 0.25) is 0 Å². The van der Waals surface area contributed by atoms with Crippen molar-refractivity contribution in [3.8, 4) is 0 Å². The molecule has 0 fully saturated rings. The highest BCUT2D eigenvalue weighted by atomic mass is 14.2. The Bertz CT molecular complexity index is 467. The molecule has 1 aromatic rings. The van der Waals surface area contributed by atoms with Crippen LogP contribution in [0.25, 0.3) is 6.08 Å². The Hall–Kier alpha value is -1.04. The largest absolute Gasteiger partial charge is 0.0755 e. The van der Waals surface area contributed by atoms with Gasteiger partial charge in [-0.05, 0) is 47.9 Å². The third kappa shape index (κ3) is 3.53. The van der Waals surface area contributed by atoms with E-state index in [-0.39, 0.29) is 0 Å². The van der Waals surface area contributed by atoms with E-state index in [1.807, 2.05) is 0 Å². The van der Waals surface area contributed by atoms with Crippen LogP contribution in [0.3, 0.4) is 0 Å². The molecule has 0 nitrogen and oxygen atoms in total. The van der Waals surface area contributed by atoms with E-state index in [9.17, 15) is 0 Å². The Morgan fingerprint density at radius 2 is 1.05 bits per heavy atom. The van der Waals surface area contributed by atoms with Crippen molar-refractivity contribution in [3.63, 3.8) is 0 Å². The van der Waals surface area contributed by atoms with E-state index in [1.165, 1.54) is 81.8 Å². The van der Waals surface area contributed by atoms with Crippen LogP contribution in [0.1, 0.15) is 80.0 Å². The summed E-state index contributed by atoms with van der Waals surface area (Å²) in [5, 5.41) is 0. The maximum absolute atomic E-state index is 2.46. The Morgan fingerprint density at radius 3 is 1.65 bits per heavy atom. The van der Waals surface area contributed by atoms with Gasteiger partial charge in [0, 0.05) is 6.42 Å². The number of rotatable bonds is 0. The van der Waals surface area contributed by atoms with Crippen molar-refractivity contribution < 1.29 is 0 Å². The number of hydrogen-bond donors (Lipinski definition) is 0. The standard InChI is InChI=1S/C20H27/c1-2-4-6-8-11-17-15-19-13-10-14-20(19)16-18(17)12-9-7-5-3-1/h10,13-16H,1-9,11-12H2. The van der Waals surface area contributed by atoms with Gasteiger partial charge in [0.1, 0.15) is 0 Å². The average molecular weight is 267 g/mol. The first-order chi connectivity index (χ1) is 9.93. The minimum absolute atomic E-state index is 1.29. The normalized spacial score (nSPS) is 20.4. The molecule has 2 aliphatic rings. The third-order valence-electron chi connectivity index (χ3n) is 4.85. The molecule has 3 rings (SSSR count). The van der Waals surface area contributed by atoms with Crippen LogP contribution in [0.5, 0.6) is 0 Å². The summed E-state index contributed by atoms with van der Waals surface area (Å²) in [6.07, 6.45) is 22.1. The van der Waals surface area contributed by atoms with Gasteiger partial charge >= 0.3 is 0 Å². The minimum atomic E-state index is 1.29. The first-order valence-electron chi connectivity index (χ1n) is 8.61. The molecule has 1 aromatic carbocycles. The fraction of sp³-hybridized carbons (Fsp3) is 0.550. The maximum Gasteiger partial charge on any atom is 0.0131 e. The van der Waals surface area contributed by atoms with Crippen LogP contribution in [-0.4, -0.2) is 0 Å². The molecule has 0 unspecified atom stereocenters. The van der Waals surface area contributed by atoms with Gasteiger partial charge in [-0.2, -0.15) is 0 Å². The minimum Gasteiger partial charge on any atom is -0.0755 e. The van der Waals surface area contributed by atoms with Crippen molar-refractivity contribution in [1.82, 2.24) is 0 Å². The van der Waals surface area contributed by atoms with Crippen LogP contribution < -0.4 is 0 Å². The van der Waals surface area contributed by atoms with E-state index in [0.717, 1.165) is 0 Å². The van der Waals surface area contributed by atoms with Gasteiger partial charge in [-0.15, -0.1) is 0 Å². The zero-order valence-corrected chi connectivity index (χ0v) is 12.7. The molecule has 1 radical (unpaired) electrons. The van der Waals surface area contributed by atoms with Gasteiger partial charge in [0.2, 0.25) is 0 Å². The smallest absolute Gasteiger partial charge is 0.0131 e. The second-order valence-corrected chi connectivity index (χ2v) is 6.46. The summed E-state index contributed by atoms with van der Waals surface area (Å²) in [6, 6.07) is 4.93. The Morgan fingerprint density at radius 1 is 0.550 bits per heavy atom. The summed E-state index contributed by atoms with van der Waals surface area (Å²) >= 11 is 0. The van der Waals surface area contributed by atoms with E-state index in [1.54, 1.807) is 11.1 Å². The number of fused-ring (bicyclic) bond motifs is 2. The molecule has 0 saturated heterocycles. The van der Waals surface area contributed by atoms with Crippen LogP contribution in [0, 0.1) is 6.42 Å².